The average Bonchev–Trinajstić information content (AvgIpc) is 3.55. The van der Waals surface area contributed by atoms with Crippen molar-refractivity contribution >= 4 is 33.2 Å². The summed E-state index contributed by atoms with van der Waals surface area (Å²) in [6.07, 6.45) is 3.68. The summed E-state index contributed by atoms with van der Waals surface area (Å²) >= 11 is 6.06. The number of sulfone groups is 1. The Kier molecular flexibility index (Phi) is 8.10. The molecule has 0 unspecified atom stereocenters. The number of rotatable bonds is 11. The molecule has 2 amide bonds. The smallest absolute Gasteiger partial charge is 0.322 e. The fraction of sp³-hybridized carbons (Fsp3) is 0.360. The lowest BCUT2D eigenvalue weighted by molar-refractivity contribution is 0.180. The second-order valence-corrected chi connectivity index (χ2v) is 11.0. The molecule has 1 heterocycles. The number of urea groups is 1. The Bertz CT molecular complexity index is 1260. The molecule has 186 valence electrons. The van der Waals surface area contributed by atoms with E-state index in [-0.39, 0.29) is 23.5 Å². The number of aromatic nitrogens is 2. The molecule has 0 atom stereocenters. The van der Waals surface area contributed by atoms with Gasteiger partial charge in [-0.1, -0.05) is 48.0 Å². The highest BCUT2D eigenvalue weighted by Crippen LogP contribution is 2.31. The van der Waals surface area contributed by atoms with Crippen molar-refractivity contribution in [3.63, 3.8) is 0 Å². The van der Waals surface area contributed by atoms with E-state index in [1.165, 1.54) is 0 Å². The molecule has 1 aliphatic rings. The van der Waals surface area contributed by atoms with Gasteiger partial charge in [-0.2, -0.15) is 0 Å². The number of benzene rings is 2. The van der Waals surface area contributed by atoms with E-state index in [2.05, 4.69) is 10.3 Å². The average molecular weight is 517 g/mol. The number of halogens is 1. The van der Waals surface area contributed by atoms with Crippen LogP contribution in [0.2, 0.25) is 5.02 Å². The molecule has 1 N–H and O–H groups in total. The Balaban J connectivity index is 1.58. The van der Waals surface area contributed by atoms with E-state index in [1.54, 1.807) is 59.2 Å². The minimum atomic E-state index is -3.71. The van der Waals surface area contributed by atoms with Crippen molar-refractivity contribution in [3.8, 4) is 0 Å². The Morgan fingerprint density at radius 2 is 1.97 bits per heavy atom. The maximum Gasteiger partial charge on any atom is 0.322 e. The molecular formula is C25H29ClN4O4S. The molecule has 35 heavy (non-hydrogen) atoms. The van der Waals surface area contributed by atoms with E-state index in [0.29, 0.717) is 47.6 Å². The maximum atomic E-state index is 13.2. The second-order valence-electron chi connectivity index (χ2n) is 8.69. The van der Waals surface area contributed by atoms with Gasteiger partial charge >= 0.3 is 6.03 Å². The first-order valence-corrected chi connectivity index (χ1v) is 13.5. The third kappa shape index (κ3) is 6.84. The van der Waals surface area contributed by atoms with Gasteiger partial charge in [0.05, 0.1) is 30.8 Å². The predicted molar refractivity (Wildman–Crippen MR) is 135 cm³/mol. The molecule has 2 aromatic carbocycles. The summed E-state index contributed by atoms with van der Waals surface area (Å²) in [5.41, 5.74) is 1.92. The van der Waals surface area contributed by atoms with Crippen LogP contribution in [0.25, 0.3) is 0 Å². The Hall–Kier alpha value is -2.88. The Morgan fingerprint density at radius 3 is 2.66 bits per heavy atom. The Morgan fingerprint density at radius 1 is 1.20 bits per heavy atom. The highest BCUT2D eigenvalue weighted by Gasteiger charge is 2.29. The number of methoxy groups -OCH3 is 1. The number of imidazole rings is 1. The number of nitrogens with zero attached hydrogens (tertiary/aromatic N) is 3. The van der Waals surface area contributed by atoms with Gasteiger partial charge in [0.25, 0.3) is 0 Å². The topological polar surface area (TPSA) is 93.5 Å². The lowest BCUT2D eigenvalue weighted by Crippen LogP contribution is -2.37. The normalized spacial score (nSPS) is 13.5. The first-order valence-electron chi connectivity index (χ1n) is 11.5. The standard InChI is InChI=1S/C25H29ClN4O4S/c1-34-13-12-30-23(15-27-25(30)35(32,33)18-20-6-3-2-4-7-20)17-29(16-19-10-11-19)24(31)28-22-9-5-8-21(26)14-22/h2-9,14-15,19H,10-13,16-18H2,1H3,(H,28,31). The molecule has 1 aliphatic carbocycles. The molecule has 4 rings (SSSR count). The summed E-state index contributed by atoms with van der Waals surface area (Å²) in [7, 11) is -2.15. The fourth-order valence-electron chi connectivity index (χ4n) is 3.84. The molecule has 0 bridgehead atoms. The molecule has 0 aliphatic heterocycles. The van der Waals surface area contributed by atoms with E-state index in [1.807, 2.05) is 18.2 Å². The minimum Gasteiger partial charge on any atom is -0.383 e. The minimum absolute atomic E-state index is 0.0185. The molecule has 1 aromatic heterocycles. The monoisotopic (exact) mass is 516 g/mol. The molecule has 0 saturated heterocycles. The van der Waals surface area contributed by atoms with Gasteiger partial charge in [0, 0.05) is 30.9 Å². The number of amides is 2. The second kappa shape index (κ2) is 11.2. The summed E-state index contributed by atoms with van der Waals surface area (Å²) in [5.74, 6) is 0.287. The highest BCUT2D eigenvalue weighted by molar-refractivity contribution is 7.90. The van der Waals surface area contributed by atoms with Gasteiger partial charge in [-0.3, -0.25) is 0 Å². The number of anilines is 1. The number of hydrogen-bond donors (Lipinski definition) is 1. The number of nitrogens with one attached hydrogen (secondary N) is 1. The molecular weight excluding hydrogens is 488 g/mol. The van der Waals surface area contributed by atoms with Crippen LogP contribution in [0.3, 0.4) is 0 Å². The van der Waals surface area contributed by atoms with Gasteiger partial charge in [-0.25, -0.2) is 18.2 Å². The van der Waals surface area contributed by atoms with Crippen LogP contribution >= 0.6 is 11.6 Å². The van der Waals surface area contributed by atoms with E-state index < -0.39 is 9.84 Å². The lowest BCUT2D eigenvalue weighted by Gasteiger charge is -2.24. The van der Waals surface area contributed by atoms with Crippen LogP contribution < -0.4 is 5.32 Å². The van der Waals surface area contributed by atoms with Gasteiger partial charge in [0.15, 0.2) is 0 Å². The zero-order valence-corrected chi connectivity index (χ0v) is 21.1. The zero-order valence-electron chi connectivity index (χ0n) is 19.6. The Labute approximate surface area is 210 Å². The molecule has 1 fully saturated rings. The van der Waals surface area contributed by atoms with Crippen molar-refractivity contribution in [2.45, 2.75) is 36.8 Å². The summed E-state index contributed by atoms with van der Waals surface area (Å²) in [4.78, 5) is 19.1. The van der Waals surface area contributed by atoms with Crippen LogP contribution in [0.4, 0.5) is 10.5 Å². The number of hydrogen-bond acceptors (Lipinski definition) is 5. The van der Waals surface area contributed by atoms with Crippen molar-refractivity contribution < 1.29 is 17.9 Å². The van der Waals surface area contributed by atoms with Crippen molar-refractivity contribution in [2.24, 2.45) is 5.92 Å². The highest BCUT2D eigenvalue weighted by atomic mass is 35.5. The van der Waals surface area contributed by atoms with E-state index >= 15 is 0 Å². The molecule has 0 radical (unpaired) electrons. The summed E-state index contributed by atoms with van der Waals surface area (Å²) in [6.45, 7) is 1.42. The molecule has 1 saturated carbocycles. The first-order chi connectivity index (χ1) is 16.9. The number of carbonyl (C=O) groups excluding carboxylic acids is 1. The van der Waals surface area contributed by atoms with Gasteiger partial charge in [-0.05, 0) is 42.5 Å². The third-order valence-electron chi connectivity index (χ3n) is 5.79. The fourth-order valence-corrected chi connectivity index (χ4v) is 5.55. The van der Waals surface area contributed by atoms with Gasteiger partial charge < -0.3 is 19.5 Å². The summed E-state index contributed by atoms with van der Waals surface area (Å²) in [6, 6.07) is 15.7. The van der Waals surface area contributed by atoms with Crippen LogP contribution in [-0.2, 0) is 33.4 Å². The number of carbonyl (C=O) groups is 1. The maximum absolute atomic E-state index is 13.2. The van der Waals surface area contributed by atoms with E-state index in [4.69, 9.17) is 16.3 Å². The van der Waals surface area contributed by atoms with Gasteiger partial charge in [-0.15, -0.1) is 0 Å². The number of ether oxygens (including phenoxy) is 1. The van der Waals surface area contributed by atoms with Crippen molar-refractivity contribution in [1.29, 1.82) is 0 Å². The van der Waals surface area contributed by atoms with Crippen LogP contribution in [-0.4, -0.2) is 49.2 Å². The lowest BCUT2D eigenvalue weighted by atomic mass is 10.2. The molecule has 0 spiro atoms. The SMILES string of the molecule is COCCn1c(CN(CC2CC2)C(=O)Nc2cccc(Cl)c2)cnc1S(=O)(=O)Cc1ccccc1. The van der Waals surface area contributed by atoms with Gasteiger partial charge in [0.2, 0.25) is 15.0 Å². The molecule has 8 nitrogen and oxygen atoms in total. The van der Waals surface area contributed by atoms with Crippen LogP contribution in [0.1, 0.15) is 24.1 Å². The van der Waals surface area contributed by atoms with Gasteiger partial charge in [0.1, 0.15) is 0 Å². The molecule has 10 heteroatoms. The van der Waals surface area contributed by atoms with Crippen molar-refractivity contribution in [3.05, 3.63) is 77.1 Å². The predicted octanol–water partition coefficient (Wildman–Crippen LogP) is 4.60. The zero-order chi connectivity index (χ0) is 24.8. The summed E-state index contributed by atoms with van der Waals surface area (Å²) < 4.78 is 33.4. The van der Waals surface area contributed by atoms with Crippen molar-refractivity contribution in [1.82, 2.24) is 14.5 Å². The largest absolute Gasteiger partial charge is 0.383 e. The van der Waals surface area contributed by atoms with Crippen LogP contribution in [0.5, 0.6) is 0 Å². The van der Waals surface area contributed by atoms with E-state index in [0.717, 1.165) is 12.8 Å². The van der Waals surface area contributed by atoms with Crippen LogP contribution in [0.15, 0.2) is 66.0 Å². The van der Waals surface area contributed by atoms with Crippen molar-refractivity contribution in [2.75, 3.05) is 25.6 Å². The quantitative estimate of drug-likeness (QED) is 0.402. The first kappa shape index (κ1) is 25.2. The third-order valence-corrected chi connectivity index (χ3v) is 7.62. The summed E-state index contributed by atoms with van der Waals surface area (Å²) in [5, 5.41) is 3.41. The van der Waals surface area contributed by atoms with E-state index in [9.17, 15) is 13.2 Å². The van der Waals surface area contributed by atoms with Crippen LogP contribution in [0, 0.1) is 5.92 Å². The molecule has 3 aromatic rings.